The molecule has 0 saturated carbocycles. The molecule has 0 aliphatic carbocycles. The largest absolute Gasteiger partial charge is 0.494 e. The molecule has 0 heterocycles. The van der Waals surface area contributed by atoms with Gasteiger partial charge in [0.05, 0.1) is 12.0 Å². The molecule has 6 heteroatoms. The quantitative estimate of drug-likeness (QED) is 0.806. The maximum absolute atomic E-state index is 13.8. The molecule has 0 aromatic heterocycles. The zero-order valence-corrected chi connectivity index (χ0v) is 16.0. The Morgan fingerprint density at radius 2 is 1.68 bits per heavy atom. The van der Waals surface area contributed by atoms with Crippen LogP contribution in [0.25, 0.3) is 0 Å². The van der Waals surface area contributed by atoms with Gasteiger partial charge >= 0.3 is 0 Å². The van der Waals surface area contributed by atoms with Gasteiger partial charge in [0.1, 0.15) is 0 Å². The number of hydrogen-bond donors (Lipinski definition) is 0. The van der Waals surface area contributed by atoms with Crippen molar-refractivity contribution in [3.05, 3.63) is 59.4 Å². The molecular weight excluding hydrogens is 341 g/mol. The molecule has 0 radical (unpaired) electrons. The average Bonchev–Trinajstić information content (AvgIpc) is 2.54. The van der Waals surface area contributed by atoms with Crippen LogP contribution in [0.1, 0.15) is 31.9 Å². The second-order valence-corrected chi connectivity index (χ2v) is 9.05. The summed E-state index contributed by atoms with van der Waals surface area (Å²) in [6, 6.07) is 11.3. The molecule has 0 amide bonds. The van der Waals surface area contributed by atoms with E-state index in [-0.39, 0.29) is 22.6 Å². The van der Waals surface area contributed by atoms with E-state index in [0.29, 0.717) is 5.56 Å². The van der Waals surface area contributed by atoms with Crippen LogP contribution < -0.4 is 4.74 Å². The first-order valence-corrected chi connectivity index (χ1v) is 9.39. The second-order valence-electron chi connectivity index (χ2n) is 7.00. The van der Waals surface area contributed by atoms with Crippen LogP contribution in [0.3, 0.4) is 0 Å². The lowest BCUT2D eigenvalue weighted by Crippen LogP contribution is -2.26. The third-order valence-corrected chi connectivity index (χ3v) is 5.87. The van der Waals surface area contributed by atoms with E-state index >= 15 is 0 Å². The zero-order valence-electron chi connectivity index (χ0n) is 15.2. The molecule has 0 aliphatic rings. The summed E-state index contributed by atoms with van der Waals surface area (Å²) in [6.45, 7) is 6.28. The zero-order chi connectivity index (χ0) is 18.8. The van der Waals surface area contributed by atoms with Gasteiger partial charge in [-0.25, -0.2) is 12.8 Å². The van der Waals surface area contributed by atoms with E-state index in [0.717, 1.165) is 5.56 Å². The normalized spacial score (nSPS) is 12.4. The van der Waals surface area contributed by atoms with Crippen LogP contribution in [0.5, 0.6) is 5.75 Å². The van der Waals surface area contributed by atoms with Crippen molar-refractivity contribution in [2.45, 2.75) is 37.6 Å². The summed E-state index contributed by atoms with van der Waals surface area (Å²) in [7, 11) is -0.782. The molecule has 2 rings (SSSR count). The Balaban J connectivity index is 2.22. The lowest BCUT2D eigenvalue weighted by atomic mass is 9.87. The van der Waals surface area contributed by atoms with Gasteiger partial charge in [0.25, 0.3) is 0 Å². The van der Waals surface area contributed by atoms with E-state index in [1.165, 1.54) is 30.6 Å². The van der Waals surface area contributed by atoms with Gasteiger partial charge in [-0.2, -0.15) is 4.31 Å². The number of ether oxygens (including phenoxy) is 1. The molecule has 0 atom stereocenters. The van der Waals surface area contributed by atoms with Gasteiger partial charge < -0.3 is 4.74 Å². The SMILES string of the molecule is COc1ccc(CN(C)S(=O)(=O)c2ccc(C(C)(C)C)cc2)cc1F. The summed E-state index contributed by atoms with van der Waals surface area (Å²) >= 11 is 0. The van der Waals surface area contributed by atoms with Crippen LogP contribution in [0.2, 0.25) is 0 Å². The van der Waals surface area contributed by atoms with Crippen LogP contribution in [0.4, 0.5) is 4.39 Å². The summed E-state index contributed by atoms with van der Waals surface area (Å²) < 4.78 is 45.3. The lowest BCUT2D eigenvalue weighted by Gasteiger charge is -2.21. The van der Waals surface area contributed by atoms with Crippen LogP contribution in [0.15, 0.2) is 47.4 Å². The van der Waals surface area contributed by atoms with Crippen LogP contribution in [-0.4, -0.2) is 26.9 Å². The number of nitrogens with zero attached hydrogens (tertiary/aromatic N) is 1. The van der Waals surface area contributed by atoms with Crippen molar-refractivity contribution in [1.29, 1.82) is 0 Å². The predicted octanol–water partition coefficient (Wildman–Crippen LogP) is 3.95. The van der Waals surface area contributed by atoms with Crippen molar-refractivity contribution in [2.75, 3.05) is 14.2 Å². The Labute approximate surface area is 149 Å². The fourth-order valence-corrected chi connectivity index (χ4v) is 3.62. The van der Waals surface area contributed by atoms with Gasteiger partial charge in [0.2, 0.25) is 10.0 Å². The first kappa shape index (κ1) is 19.4. The monoisotopic (exact) mass is 365 g/mol. The number of benzene rings is 2. The van der Waals surface area contributed by atoms with Gasteiger partial charge in [-0.05, 0) is 40.8 Å². The minimum atomic E-state index is -3.65. The molecule has 136 valence electrons. The van der Waals surface area contributed by atoms with Crippen molar-refractivity contribution in [2.24, 2.45) is 0 Å². The maximum Gasteiger partial charge on any atom is 0.243 e. The van der Waals surface area contributed by atoms with Gasteiger partial charge in [-0.3, -0.25) is 0 Å². The third kappa shape index (κ3) is 4.38. The Hall–Kier alpha value is -1.92. The molecule has 0 N–H and O–H groups in total. The van der Waals surface area contributed by atoms with E-state index in [4.69, 9.17) is 4.74 Å². The van der Waals surface area contributed by atoms with E-state index in [9.17, 15) is 12.8 Å². The Morgan fingerprint density at radius 3 is 2.16 bits per heavy atom. The van der Waals surface area contributed by atoms with Crippen molar-refractivity contribution in [1.82, 2.24) is 4.31 Å². The number of hydrogen-bond acceptors (Lipinski definition) is 3. The highest BCUT2D eigenvalue weighted by atomic mass is 32.2. The van der Waals surface area contributed by atoms with Crippen molar-refractivity contribution in [3.8, 4) is 5.75 Å². The highest BCUT2D eigenvalue weighted by Gasteiger charge is 2.22. The fraction of sp³-hybridized carbons (Fsp3) is 0.368. The highest BCUT2D eigenvalue weighted by molar-refractivity contribution is 7.89. The topological polar surface area (TPSA) is 46.6 Å². The summed E-state index contributed by atoms with van der Waals surface area (Å²) in [5, 5.41) is 0. The van der Waals surface area contributed by atoms with E-state index in [2.05, 4.69) is 20.8 Å². The number of rotatable bonds is 5. The number of halogens is 1. The molecule has 0 spiro atoms. The summed E-state index contributed by atoms with van der Waals surface area (Å²) in [5.41, 5.74) is 1.57. The van der Waals surface area contributed by atoms with Gasteiger partial charge in [-0.15, -0.1) is 0 Å². The Morgan fingerprint density at radius 1 is 1.08 bits per heavy atom. The first-order chi connectivity index (χ1) is 11.6. The average molecular weight is 365 g/mol. The molecule has 2 aromatic carbocycles. The standard InChI is InChI=1S/C19H24FNO3S/c1-19(2,3)15-7-9-16(10-8-15)25(22,23)21(4)13-14-6-11-18(24-5)17(20)12-14/h6-12H,13H2,1-5H3. The fourth-order valence-electron chi connectivity index (χ4n) is 2.46. The molecule has 25 heavy (non-hydrogen) atoms. The Bertz CT molecular complexity index is 840. The molecule has 2 aromatic rings. The molecule has 0 fully saturated rings. The van der Waals surface area contributed by atoms with Crippen LogP contribution in [-0.2, 0) is 22.0 Å². The minimum Gasteiger partial charge on any atom is -0.494 e. The van der Waals surface area contributed by atoms with Gasteiger partial charge in [-0.1, -0.05) is 39.0 Å². The molecule has 4 nitrogen and oxygen atoms in total. The van der Waals surface area contributed by atoms with Crippen molar-refractivity contribution >= 4 is 10.0 Å². The Kier molecular flexibility index (Phi) is 5.54. The van der Waals surface area contributed by atoms with Crippen LogP contribution >= 0.6 is 0 Å². The summed E-state index contributed by atoms with van der Waals surface area (Å²) in [6.07, 6.45) is 0. The molecule has 0 saturated heterocycles. The van der Waals surface area contributed by atoms with E-state index in [1.807, 2.05) is 12.1 Å². The van der Waals surface area contributed by atoms with E-state index in [1.54, 1.807) is 18.2 Å². The third-order valence-electron chi connectivity index (χ3n) is 4.05. The molecule has 0 aliphatic heterocycles. The summed E-state index contributed by atoms with van der Waals surface area (Å²) in [4.78, 5) is 0.219. The number of methoxy groups -OCH3 is 1. The van der Waals surface area contributed by atoms with Crippen molar-refractivity contribution < 1.29 is 17.5 Å². The second kappa shape index (κ2) is 7.14. The van der Waals surface area contributed by atoms with Gasteiger partial charge in [0, 0.05) is 13.6 Å². The lowest BCUT2D eigenvalue weighted by molar-refractivity contribution is 0.385. The summed E-state index contributed by atoms with van der Waals surface area (Å²) in [5.74, 6) is -0.382. The first-order valence-electron chi connectivity index (χ1n) is 7.95. The molecule has 0 bridgehead atoms. The number of sulfonamides is 1. The van der Waals surface area contributed by atoms with E-state index < -0.39 is 15.8 Å². The van der Waals surface area contributed by atoms with Crippen LogP contribution in [0, 0.1) is 5.82 Å². The maximum atomic E-state index is 13.8. The molecule has 0 unspecified atom stereocenters. The minimum absolute atomic E-state index is 0.0468. The molecular formula is C19H24FNO3S. The smallest absolute Gasteiger partial charge is 0.243 e. The highest BCUT2D eigenvalue weighted by Crippen LogP contribution is 2.25. The van der Waals surface area contributed by atoms with Gasteiger partial charge in [0.15, 0.2) is 11.6 Å². The predicted molar refractivity (Wildman–Crippen MR) is 96.7 cm³/mol. The van der Waals surface area contributed by atoms with Crippen molar-refractivity contribution in [3.63, 3.8) is 0 Å².